The van der Waals surface area contributed by atoms with Crippen molar-refractivity contribution in [3.63, 3.8) is 0 Å². The van der Waals surface area contributed by atoms with Crippen LogP contribution in [0, 0.1) is 5.92 Å². The quantitative estimate of drug-likeness (QED) is 0.900. The van der Waals surface area contributed by atoms with Gasteiger partial charge in [-0.2, -0.15) is 0 Å². The van der Waals surface area contributed by atoms with E-state index in [1.165, 1.54) is 4.31 Å². The van der Waals surface area contributed by atoms with Crippen molar-refractivity contribution in [3.05, 3.63) is 35.9 Å². The van der Waals surface area contributed by atoms with Gasteiger partial charge in [0.15, 0.2) is 0 Å². The molecule has 5 nitrogen and oxygen atoms in total. The Morgan fingerprint density at radius 2 is 2.00 bits per heavy atom. The largest absolute Gasteiger partial charge is 0.359 e. The van der Waals surface area contributed by atoms with Crippen LogP contribution in [0.4, 0.5) is 0 Å². The molecule has 114 valence electrons. The Morgan fingerprint density at radius 1 is 1.29 bits per heavy atom. The summed E-state index contributed by atoms with van der Waals surface area (Å²) >= 11 is 0. The molecule has 21 heavy (non-hydrogen) atoms. The molecule has 1 aliphatic carbocycles. The minimum absolute atomic E-state index is 0.0666. The highest BCUT2D eigenvalue weighted by molar-refractivity contribution is 7.90. The Kier molecular flexibility index (Phi) is 3.75. The molecule has 1 aromatic carbocycles. The Balaban J connectivity index is 1.68. The van der Waals surface area contributed by atoms with E-state index in [0.717, 1.165) is 5.56 Å². The summed E-state index contributed by atoms with van der Waals surface area (Å²) in [7, 11) is -1.70. The summed E-state index contributed by atoms with van der Waals surface area (Å²) in [4.78, 5) is 11.6. The molecule has 1 N–H and O–H groups in total. The van der Waals surface area contributed by atoms with Gasteiger partial charge in [0, 0.05) is 26.1 Å². The van der Waals surface area contributed by atoms with E-state index in [9.17, 15) is 13.2 Å². The van der Waals surface area contributed by atoms with E-state index in [0.29, 0.717) is 25.9 Å². The van der Waals surface area contributed by atoms with E-state index in [1.807, 2.05) is 30.3 Å². The maximum absolute atomic E-state index is 12.6. The van der Waals surface area contributed by atoms with Crippen LogP contribution in [0.25, 0.3) is 0 Å². The van der Waals surface area contributed by atoms with Crippen molar-refractivity contribution in [2.75, 3.05) is 20.1 Å². The molecule has 0 spiro atoms. The van der Waals surface area contributed by atoms with Crippen LogP contribution in [0.3, 0.4) is 0 Å². The van der Waals surface area contributed by atoms with E-state index in [1.54, 1.807) is 7.05 Å². The Morgan fingerprint density at radius 3 is 2.67 bits per heavy atom. The smallest absolute Gasteiger partial charge is 0.224 e. The van der Waals surface area contributed by atoms with E-state index in [2.05, 4.69) is 5.32 Å². The van der Waals surface area contributed by atoms with Crippen molar-refractivity contribution in [1.82, 2.24) is 9.62 Å². The molecule has 0 aromatic heterocycles. The van der Waals surface area contributed by atoms with Crippen LogP contribution < -0.4 is 5.32 Å². The van der Waals surface area contributed by atoms with Gasteiger partial charge in [-0.25, -0.2) is 12.7 Å². The number of carbonyl (C=O) groups excluding carboxylic acids is 1. The minimum Gasteiger partial charge on any atom is -0.359 e. The lowest BCUT2D eigenvalue weighted by molar-refractivity contribution is -0.123. The number of benzene rings is 1. The molecule has 1 saturated carbocycles. The predicted octanol–water partition coefficient (Wildman–Crippen LogP) is 0.940. The highest BCUT2D eigenvalue weighted by Crippen LogP contribution is 2.47. The van der Waals surface area contributed by atoms with Crippen molar-refractivity contribution in [1.29, 1.82) is 0 Å². The van der Waals surface area contributed by atoms with E-state index < -0.39 is 10.0 Å². The van der Waals surface area contributed by atoms with E-state index in [4.69, 9.17) is 0 Å². The van der Waals surface area contributed by atoms with Crippen LogP contribution >= 0.6 is 0 Å². The van der Waals surface area contributed by atoms with Crippen LogP contribution in [-0.4, -0.2) is 44.0 Å². The number of carbonyl (C=O) groups is 1. The fourth-order valence-corrected chi connectivity index (χ4v) is 5.27. The summed E-state index contributed by atoms with van der Waals surface area (Å²) in [6, 6.07) is 9.78. The molecule has 3 rings (SSSR count). The van der Waals surface area contributed by atoms with Gasteiger partial charge in [0.2, 0.25) is 15.9 Å². The summed E-state index contributed by atoms with van der Waals surface area (Å²) in [5.41, 5.74) is 1.09. The lowest BCUT2D eigenvalue weighted by Crippen LogP contribution is -2.35. The third-order valence-electron chi connectivity index (χ3n) is 4.47. The first-order chi connectivity index (χ1) is 10.0. The van der Waals surface area contributed by atoms with Crippen molar-refractivity contribution < 1.29 is 13.2 Å². The normalized spacial score (nSPS) is 29.3. The van der Waals surface area contributed by atoms with Gasteiger partial charge in [0.25, 0.3) is 0 Å². The molecule has 0 radical (unpaired) electrons. The average Bonchev–Trinajstić information content (AvgIpc) is 3.17. The summed E-state index contributed by atoms with van der Waals surface area (Å²) in [6.07, 6.45) is 1.30. The van der Waals surface area contributed by atoms with E-state index >= 15 is 0 Å². The zero-order valence-corrected chi connectivity index (χ0v) is 12.8. The highest BCUT2D eigenvalue weighted by Gasteiger charge is 2.51. The first-order valence-electron chi connectivity index (χ1n) is 7.29. The molecule has 0 bridgehead atoms. The summed E-state index contributed by atoms with van der Waals surface area (Å²) in [6.45, 7) is 0.776. The third-order valence-corrected chi connectivity index (χ3v) is 6.81. The first kappa shape index (κ1) is 14.5. The maximum atomic E-state index is 12.6. The van der Waals surface area contributed by atoms with Crippen molar-refractivity contribution >= 4 is 15.9 Å². The Bertz CT molecular complexity index is 630. The van der Waals surface area contributed by atoms with Gasteiger partial charge in [-0.1, -0.05) is 30.3 Å². The van der Waals surface area contributed by atoms with E-state index in [-0.39, 0.29) is 23.0 Å². The van der Waals surface area contributed by atoms with Gasteiger partial charge < -0.3 is 5.32 Å². The van der Waals surface area contributed by atoms with Gasteiger partial charge in [-0.15, -0.1) is 0 Å². The zero-order valence-electron chi connectivity index (χ0n) is 12.0. The van der Waals surface area contributed by atoms with Gasteiger partial charge in [0.05, 0.1) is 11.2 Å². The summed E-state index contributed by atoms with van der Waals surface area (Å²) < 4.78 is 26.8. The van der Waals surface area contributed by atoms with Gasteiger partial charge in [-0.05, 0) is 18.4 Å². The molecular formula is C15H20N2O3S. The predicted molar refractivity (Wildman–Crippen MR) is 80.3 cm³/mol. The van der Waals surface area contributed by atoms with Crippen LogP contribution in [-0.2, 0) is 14.8 Å². The van der Waals surface area contributed by atoms with Crippen LogP contribution in [0.1, 0.15) is 24.3 Å². The number of amides is 1. The number of hydrogen-bond donors (Lipinski definition) is 1. The number of nitrogens with zero attached hydrogens (tertiary/aromatic N) is 1. The minimum atomic E-state index is -3.28. The molecule has 2 fully saturated rings. The topological polar surface area (TPSA) is 66.5 Å². The standard InChI is InChI=1S/C15H20N2O3S/c1-16-15(18)12-7-8-17(10-12)21(19,20)14-9-13(14)11-5-3-2-4-6-11/h2-6,12-14H,7-10H2,1H3,(H,16,18). The average molecular weight is 308 g/mol. The summed E-state index contributed by atoms with van der Waals surface area (Å²) in [5.74, 6) is -0.169. The lowest BCUT2D eigenvalue weighted by atomic mass is 10.1. The third kappa shape index (κ3) is 2.70. The number of sulfonamides is 1. The molecule has 2 aliphatic rings. The molecular weight excluding hydrogens is 288 g/mol. The Labute approximate surface area is 125 Å². The Hall–Kier alpha value is -1.40. The number of hydrogen-bond acceptors (Lipinski definition) is 3. The van der Waals surface area contributed by atoms with Gasteiger partial charge in [-0.3, -0.25) is 4.79 Å². The van der Waals surface area contributed by atoms with Crippen LogP contribution in [0.15, 0.2) is 30.3 Å². The fourth-order valence-electron chi connectivity index (χ4n) is 3.12. The molecule has 1 aliphatic heterocycles. The monoisotopic (exact) mass is 308 g/mol. The van der Waals surface area contributed by atoms with Crippen molar-refractivity contribution in [2.24, 2.45) is 5.92 Å². The number of rotatable bonds is 4. The van der Waals surface area contributed by atoms with Gasteiger partial charge in [0.1, 0.15) is 0 Å². The lowest BCUT2D eigenvalue weighted by Gasteiger charge is -2.16. The summed E-state index contributed by atoms with van der Waals surface area (Å²) in [5, 5.41) is 2.28. The van der Waals surface area contributed by atoms with Crippen LogP contribution in [0.5, 0.6) is 0 Å². The second-order valence-electron chi connectivity index (χ2n) is 5.79. The molecule has 6 heteroatoms. The molecule has 1 heterocycles. The fraction of sp³-hybridized carbons (Fsp3) is 0.533. The molecule has 1 saturated heterocycles. The SMILES string of the molecule is CNC(=O)C1CCN(S(=O)(=O)C2CC2c2ccccc2)C1. The highest BCUT2D eigenvalue weighted by atomic mass is 32.2. The molecule has 1 amide bonds. The zero-order chi connectivity index (χ0) is 15.0. The first-order valence-corrected chi connectivity index (χ1v) is 8.80. The number of nitrogens with one attached hydrogen (secondary N) is 1. The molecule has 3 unspecified atom stereocenters. The second kappa shape index (κ2) is 5.42. The van der Waals surface area contributed by atoms with Crippen molar-refractivity contribution in [3.8, 4) is 0 Å². The van der Waals surface area contributed by atoms with Crippen molar-refractivity contribution in [2.45, 2.75) is 24.0 Å². The molecule has 3 atom stereocenters. The van der Waals surface area contributed by atoms with Crippen LogP contribution in [0.2, 0.25) is 0 Å². The maximum Gasteiger partial charge on any atom is 0.224 e. The van der Waals surface area contributed by atoms with Gasteiger partial charge >= 0.3 is 0 Å². The second-order valence-corrected chi connectivity index (χ2v) is 7.95. The molecule has 1 aromatic rings.